The fourth-order valence-corrected chi connectivity index (χ4v) is 1.94. The van der Waals surface area contributed by atoms with Gasteiger partial charge < -0.3 is 16.2 Å². The zero-order valence-corrected chi connectivity index (χ0v) is 11.6. The van der Waals surface area contributed by atoms with Crippen LogP contribution in [0, 0.1) is 0 Å². The summed E-state index contributed by atoms with van der Waals surface area (Å²) in [5.74, 6) is -0.177. The first-order valence-electron chi connectivity index (χ1n) is 7.37. The minimum atomic E-state index is -0.177. The van der Waals surface area contributed by atoms with E-state index in [1.807, 2.05) is 0 Å². The number of unbranched alkanes of at least 4 members (excludes halogenated alkanes) is 7. The molecule has 108 valence electrons. The van der Waals surface area contributed by atoms with Gasteiger partial charge in [-0.25, -0.2) is 0 Å². The average molecular weight is 258 g/mol. The van der Waals surface area contributed by atoms with E-state index in [2.05, 4.69) is 5.32 Å². The van der Waals surface area contributed by atoms with E-state index in [1.165, 1.54) is 38.5 Å². The number of hydrogen-bond donors (Lipinski definition) is 3. The summed E-state index contributed by atoms with van der Waals surface area (Å²) in [5.41, 5.74) is 5.07. The van der Waals surface area contributed by atoms with Crippen molar-refractivity contribution < 1.29 is 9.90 Å². The molecule has 0 aliphatic carbocycles. The van der Waals surface area contributed by atoms with Gasteiger partial charge in [-0.3, -0.25) is 4.79 Å². The first-order valence-corrected chi connectivity index (χ1v) is 7.37. The molecule has 18 heavy (non-hydrogen) atoms. The maximum absolute atomic E-state index is 10.5. The molecule has 0 rings (SSSR count). The molecule has 0 fully saturated rings. The van der Waals surface area contributed by atoms with Crippen LogP contribution < -0.4 is 11.1 Å². The minimum Gasteiger partial charge on any atom is -0.396 e. The van der Waals surface area contributed by atoms with Gasteiger partial charge in [0.1, 0.15) is 0 Å². The zero-order chi connectivity index (χ0) is 13.5. The van der Waals surface area contributed by atoms with Crippen molar-refractivity contribution in [1.82, 2.24) is 5.32 Å². The Bertz CT molecular complexity index is 187. The van der Waals surface area contributed by atoms with Gasteiger partial charge in [-0.2, -0.15) is 0 Å². The third-order valence-corrected chi connectivity index (χ3v) is 3.04. The van der Waals surface area contributed by atoms with Crippen molar-refractivity contribution in [2.75, 3.05) is 19.7 Å². The van der Waals surface area contributed by atoms with Gasteiger partial charge in [0, 0.05) is 13.0 Å². The summed E-state index contributed by atoms with van der Waals surface area (Å²) < 4.78 is 0. The van der Waals surface area contributed by atoms with Crippen LogP contribution in [-0.2, 0) is 4.79 Å². The van der Waals surface area contributed by atoms with E-state index < -0.39 is 0 Å². The Kier molecular flexibility index (Phi) is 14.0. The summed E-state index contributed by atoms with van der Waals surface area (Å²) in [4.78, 5) is 10.5. The lowest BCUT2D eigenvalue weighted by atomic mass is 10.1. The molecule has 0 spiro atoms. The van der Waals surface area contributed by atoms with Crippen molar-refractivity contribution in [2.24, 2.45) is 5.73 Å². The SMILES string of the molecule is NC(=O)CCCCCCCCCCNCCCO. The number of rotatable bonds is 14. The Hall–Kier alpha value is -0.610. The van der Waals surface area contributed by atoms with E-state index in [0.717, 1.165) is 32.4 Å². The minimum absolute atomic E-state index is 0.177. The fourth-order valence-electron chi connectivity index (χ4n) is 1.94. The molecule has 0 aliphatic heterocycles. The Labute approximate surface area is 111 Å². The van der Waals surface area contributed by atoms with Crippen LogP contribution >= 0.6 is 0 Å². The second kappa shape index (κ2) is 14.5. The van der Waals surface area contributed by atoms with Gasteiger partial charge in [0.2, 0.25) is 5.91 Å². The van der Waals surface area contributed by atoms with E-state index >= 15 is 0 Å². The molecule has 4 nitrogen and oxygen atoms in total. The molecule has 4 heteroatoms. The number of nitrogens with two attached hydrogens (primary N) is 1. The topological polar surface area (TPSA) is 75.4 Å². The summed E-state index contributed by atoms with van der Waals surface area (Å²) in [6, 6.07) is 0. The van der Waals surface area contributed by atoms with E-state index in [9.17, 15) is 4.79 Å². The molecule has 0 unspecified atom stereocenters. The molecule has 0 aromatic heterocycles. The largest absolute Gasteiger partial charge is 0.396 e. The maximum atomic E-state index is 10.5. The molecule has 0 aliphatic rings. The quantitative estimate of drug-likeness (QED) is 0.417. The highest BCUT2D eigenvalue weighted by Gasteiger charge is 1.95. The van der Waals surface area contributed by atoms with Crippen molar-refractivity contribution in [3.05, 3.63) is 0 Å². The number of carbonyl (C=O) groups excluding carboxylic acids is 1. The Morgan fingerprint density at radius 3 is 1.89 bits per heavy atom. The van der Waals surface area contributed by atoms with Crippen LogP contribution in [0.15, 0.2) is 0 Å². The molecule has 0 atom stereocenters. The summed E-state index contributed by atoms with van der Waals surface area (Å²) >= 11 is 0. The number of nitrogens with one attached hydrogen (secondary N) is 1. The summed E-state index contributed by atoms with van der Waals surface area (Å²) in [7, 11) is 0. The molecule has 0 radical (unpaired) electrons. The van der Waals surface area contributed by atoms with Crippen LogP contribution in [0.4, 0.5) is 0 Å². The number of aliphatic hydroxyl groups is 1. The van der Waals surface area contributed by atoms with Gasteiger partial charge >= 0.3 is 0 Å². The average Bonchev–Trinajstić information content (AvgIpc) is 2.34. The van der Waals surface area contributed by atoms with Crippen molar-refractivity contribution in [3.63, 3.8) is 0 Å². The number of carbonyl (C=O) groups is 1. The number of aliphatic hydroxyl groups excluding tert-OH is 1. The summed E-state index contributed by atoms with van der Waals surface area (Å²) in [6.45, 7) is 2.28. The summed E-state index contributed by atoms with van der Waals surface area (Å²) in [6.07, 6.45) is 11.1. The zero-order valence-electron chi connectivity index (χ0n) is 11.6. The Balaban J connectivity index is 2.92. The molecule has 4 N–H and O–H groups in total. The molecule has 0 heterocycles. The molecular formula is C14H30N2O2. The Morgan fingerprint density at radius 2 is 1.33 bits per heavy atom. The second-order valence-corrected chi connectivity index (χ2v) is 4.87. The first kappa shape index (κ1) is 17.4. The summed E-state index contributed by atoms with van der Waals surface area (Å²) in [5, 5.41) is 11.9. The van der Waals surface area contributed by atoms with Crippen LogP contribution in [0.2, 0.25) is 0 Å². The van der Waals surface area contributed by atoms with E-state index in [0.29, 0.717) is 6.42 Å². The normalized spacial score (nSPS) is 10.7. The van der Waals surface area contributed by atoms with Crippen LogP contribution in [0.3, 0.4) is 0 Å². The maximum Gasteiger partial charge on any atom is 0.217 e. The van der Waals surface area contributed by atoms with Crippen LogP contribution in [-0.4, -0.2) is 30.7 Å². The Morgan fingerprint density at radius 1 is 0.833 bits per heavy atom. The van der Waals surface area contributed by atoms with E-state index in [4.69, 9.17) is 10.8 Å². The van der Waals surface area contributed by atoms with Gasteiger partial charge in [0.25, 0.3) is 0 Å². The molecule has 1 amide bonds. The predicted octanol–water partition coefficient (Wildman–Crippen LogP) is 1.95. The third-order valence-electron chi connectivity index (χ3n) is 3.04. The van der Waals surface area contributed by atoms with Gasteiger partial charge in [0.05, 0.1) is 0 Å². The monoisotopic (exact) mass is 258 g/mol. The molecule has 0 saturated heterocycles. The first-order chi connectivity index (χ1) is 8.77. The van der Waals surface area contributed by atoms with Gasteiger partial charge in [0.15, 0.2) is 0 Å². The third kappa shape index (κ3) is 15.4. The second-order valence-electron chi connectivity index (χ2n) is 4.87. The predicted molar refractivity (Wildman–Crippen MR) is 75.3 cm³/mol. The number of primary amides is 1. The van der Waals surface area contributed by atoms with Crippen LogP contribution in [0.5, 0.6) is 0 Å². The van der Waals surface area contributed by atoms with Gasteiger partial charge in [-0.15, -0.1) is 0 Å². The van der Waals surface area contributed by atoms with E-state index in [-0.39, 0.29) is 12.5 Å². The lowest BCUT2D eigenvalue weighted by Gasteiger charge is -2.04. The number of amides is 1. The van der Waals surface area contributed by atoms with Crippen LogP contribution in [0.1, 0.15) is 64.2 Å². The molecular weight excluding hydrogens is 228 g/mol. The fraction of sp³-hybridized carbons (Fsp3) is 0.929. The van der Waals surface area contributed by atoms with Crippen LogP contribution in [0.25, 0.3) is 0 Å². The van der Waals surface area contributed by atoms with Crippen molar-refractivity contribution in [3.8, 4) is 0 Å². The lowest BCUT2D eigenvalue weighted by molar-refractivity contribution is -0.118. The van der Waals surface area contributed by atoms with Gasteiger partial charge in [-0.05, 0) is 32.4 Å². The number of hydrogen-bond acceptors (Lipinski definition) is 3. The van der Waals surface area contributed by atoms with Crippen molar-refractivity contribution in [1.29, 1.82) is 0 Å². The standard InChI is InChI=1S/C14H30N2O2/c15-14(18)10-7-5-3-1-2-4-6-8-11-16-12-9-13-17/h16-17H,1-13H2,(H2,15,18). The highest BCUT2D eigenvalue weighted by atomic mass is 16.3. The highest BCUT2D eigenvalue weighted by molar-refractivity contribution is 5.73. The molecule has 0 aromatic carbocycles. The molecule has 0 bridgehead atoms. The molecule has 0 saturated carbocycles. The highest BCUT2D eigenvalue weighted by Crippen LogP contribution is 2.09. The molecule has 0 aromatic rings. The van der Waals surface area contributed by atoms with Crippen molar-refractivity contribution in [2.45, 2.75) is 64.2 Å². The van der Waals surface area contributed by atoms with Crippen molar-refractivity contribution >= 4 is 5.91 Å². The van der Waals surface area contributed by atoms with Gasteiger partial charge in [-0.1, -0.05) is 38.5 Å². The smallest absolute Gasteiger partial charge is 0.217 e. The lowest BCUT2D eigenvalue weighted by Crippen LogP contribution is -2.17. The van der Waals surface area contributed by atoms with E-state index in [1.54, 1.807) is 0 Å².